The Balaban J connectivity index is 1.42. The van der Waals surface area contributed by atoms with Crippen LogP contribution in [0.3, 0.4) is 0 Å². The molecule has 1 aromatic rings. The average molecular weight is 331 g/mol. The summed E-state index contributed by atoms with van der Waals surface area (Å²) in [7, 11) is 1.63. The van der Waals surface area contributed by atoms with Gasteiger partial charge in [0, 0.05) is 32.4 Å². The molecule has 3 aliphatic rings. The predicted molar refractivity (Wildman–Crippen MR) is 89.5 cm³/mol. The maximum atomic E-state index is 12.8. The largest absolute Gasteiger partial charge is 0.497 e. The van der Waals surface area contributed by atoms with Crippen LogP contribution < -0.4 is 9.47 Å². The molecule has 2 aliphatic heterocycles. The molecule has 2 saturated heterocycles. The molecule has 5 heteroatoms. The lowest BCUT2D eigenvalue weighted by atomic mass is 9.85. The summed E-state index contributed by atoms with van der Waals surface area (Å²) in [5.41, 5.74) is 0.651. The summed E-state index contributed by atoms with van der Waals surface area (Å²) in [6.07, 6.45) is 3.58. The van der Waals surface area contributed by atoms with E-state index in [-0.39, 0.29) is 5.91 Å². The Morgan fingerprint density at radius 1 is 1.25 bits per heavy atom. The Hall–Kier alpha value is -1.75. The number of hydrogen-bond acceptors (Lipinski definition) is 4. The summed E-state index contributed by atoms with van der Waals surface area (Å²) >= 11 is 0. The van der Waals surface area contributed by atoms with Crippen molar-refractivity contribution in [1.29, 1.82) is 0 Å². The van der Waals surface area contributed by atoms with Gasteiger partial charge in [-0.15, -0.1) is 0 Å². The fourth-order valence-corrected chi connectivity index (χ4v) is 3.49. The number of rotatable bonds is 6. The monoisotopic (exact) mass is 331 g/mol. The number of carbonyl (C=O) groups excluding carboxylic acids is 1. The van der Waals surface area contributed by atoms with Gasteiger partial charge in [-0.2, -0.15) is 0 Å². The maximum absolute atomic E-state index is 12.8. The van der Waals surface area contributed by atoms with Crippen molar-refractivity contribution >= 4 is 5.91 Å². The number of benzene rings is 1. The summed E-state index contributed by atoms with van der Waals surface area (Å²) < 4.78 is 16.7. The van der Waals surface area contributed by atoms with Crippen LogP contribution in [-0.2, 0) is 4.74 Å². The molecule has 0 spiro atoms. The molecule has 3 fully saturated rings. The molecular formula is C19H25NO4. The molecule has 0 bridgehead atoms. The molecule has 0 N–H and O–H groups in total. The van der Waals surface area contributed by atoms with Crippen molar-refractivity contribution in [1.82, 2.24) is 4.90 Å². The van der Waals surface area contributed by atoms with Gasteiger partial charge in [-0.25, -0.2) is 0 Å². The lowest BCUT2D eigenvalue weighted by molar-refractivity contribution is 0.0338. The van der Waals surface area contributed by atoms with Crippen LogP contribution in [0.5, 0.6) is 11.5 Å². The van der Waals surface area contributed by atoms with Gasteiger partial charge in [-0.3, -0.25) is 4.79 Å². The van der Waals surface area contributed by atoms with Crippen LogP contribution in [0.15, 0.2) is 18.2 Å². The molecule has 24 heavy (non-hydrogen) atoms. The Morgan fingerprint density at radius 2 is 2.08 bits per heavy atom. The standard InChI is InChI=1S/C19H25NO4/c1-22-16-4-5-17(18(8-16)24-11-13-2-3-13)19(21)20-9-15(10-20)14-6-7-23-12-14/h4-5,8,13-15H,2-3,6-7,9-12H2,1H3. The van der Waals surface area contributed by atoms with E-state index in [9.17, 15) is 4.79 Å². The summed E-state index contributed by atoms with van der Waals surface area (Å²) in [5.74, 6) is 3.30. The van der Waals surface area contributed by atoms with E-state index in [0.717, 1.165) is 38.5 Å². The van der Waals surface area contributed by atoms with Crippen LogP contribution in [0.2, 0.25) is 0 Å². The highest BCUT2D eigenvalue weighted by Gasteiger charge is 2.38. The Bertz CT molecular complexity index is 601. The number of carbonyl (C=O) groups is 1. The molecule has 1 aromatic carbocycles. The number of ether oxygens (including phenoxy) is 3. The molecule has 1 saturated carbocycles. The third kappa shape index (κ3) is 3.22. The van der Waals surface area contributed by atoms with Crippen LogP contribution in [0.4, 0.5) is 0 Å². The van der Waals surface area contributed by atoms with Crippen molar-refractivity contribution in [2.24, 2.45) is 17.8 Å². The van der Waals surface area contributed by atoms with E-state index >= 15 is 0 Å². The average Bonchev–Trinajstić information content (AvgIpc) is 3.25. The van der Waals surface area contributed by atoms with Crippen LogP contribution in [0, 0.1) is 17.8 Å². The molecule has 0 radical (unpaired) electrons. The SMILES string of the molecule is COc1ccc(C(=O)N2CC(C3CCOC3)C2)c(OCC2CC2)c1. The Labute approximate surface area is 142 Å². The first-order valence-electron chi connectivity index (χ1n) is 8.92. The minimum atomic E-state index is 0.0682. The molecule has 4 rings (SSSR count). The number of nitrogens with zero attached hydrogens (tertiary/aromatic N) is 1. The zero-order chi connectivity index (χ0) is 16.5. The third-order valence-electron chi connectivity index (χ3n) is 5.42. The van der Waals surface area contributed by atoms with Gasteiger partial charge in [0.05, 0.1) is 19.3 Å². The third-order valence-corrected chi connectivity index (χ3v) is 5.42. The van der Waals surface area contributed by atoms with Gasteiger partial charge in [0.15, 0.2) is 0 Å². The van der Waals surface area contributed by atoms with Crippen molar-refractivity contribution in [3.05, 3.63) is 23.8 Å². The van der Waals surface area contributed by atoms with Gasteiger partial charge in [-0.05, 0) is 49.1 Å². The minimum Gasteiger partial charge on any atom is -0.497 e. The van der Waals surface area contributed by atoms with E-state index in [4.69, 9.17) is 14.2 Å². The molecule has 1 atom stereocenters. The number of likely N-dealkylation sites (tertiary alicyclic amines) is 1. The van der Waals surface area contributed by atoms with Crippen molar-refractivity contribution < 1.29 is 19.0 Å². The maximum Gasteiger partial charge on any atom is 0.257 e. The normalized spacial score (nSPS) is 23.9. The summed E-state index contributed by atoms with van der Waals surface area (Å²) in [6.45, 7) is 4.08. The zero-order valence-electron chi connectivity index (χ0n) is 14.2. The highest BCUT2D eigenvalue weighted by atomic mass is 16.5. The summed E-state index contributed by atoms with van der Waals surface area (Å²) in [4.78, 5) is 14.8. The Morgan fingerprint density at radius 3 is 2.75 bits per heavy atom. The van der Waals surface area contributed by atoms with E-state index in [1.165, 1.54) is 12.8 Å². The molecule has 1 aliphatic carbocycles. The van der Waals surface area contributed by atoms with Gasteiger partial charge in [0.25, 0.3) is 5.91 Å². The molecule has 2 heterocycles. The second kappa shape index (κ2) is 6.63. The van der Waals surface area contributed by atoms with Crippen molar-refractivity contribution in [3.8, 4) is 11.5 Å². The second-order valence-corrected chi connectivity index (χ2v) is 7.21. The first kappa shape index (κ1) is 15.8. The van der Waals surface area contributed by atoms with E-state index in [1.54, 1.807) is 7.11 Å². The van der Waals surface area contributed by atoms with Crippen molar-refractivity contribution in [3.63, 3.8) is 0 Å². The van der Waals surface area contributed by atoms with E-state index in [0.29, 0.717) is 35.7 Å². The highest BCUT2D eigenvalue weighted by molar-refractivity contribution is 5.97. The van der Waals surface area contributed by atoms with Gasteiger partial charge < -0.3 is 19.1 Å². The van der Waals surface area contributed by atoms with E-state index in [2.05, 4.69) is 0 Å². The van der Waals surface area contributed by atoms with Crippen molar-refractivity contribution in [2.45, 2.75) is 19.3 Å². The number of hydrogen-bond donors (Lipinski definition) is 0. The van der Waals surface area contributed by atoms with Gasteiger partial charge >= 0.3 is 0 Å². The fraction of sp³-hybridized carbons (Fsp3) is 0.632. The van der Waals surface area contributed by atoms with Gasteiger partial charge in [0.1, 0.15) is 11.5 Å². The number of amides is 1. The van der Waals surface area contributed by atoms with Gasteiger partial charge in [-0.1, -0.05) is 0 Å². The molecule has 0 aromatic heterocycles. The zero-order valence-corrected chi connectivity index (χ0v) is 14.2. The molecular weight excluding hydrogens is 306 g/mol. The van der Waals surface area contributed by atoms with Crippen LogP contribution in [-0.4, -0.2) is 50.8 Å². The number of methoxy groups -OCH3 is 1. The smallest absolute Gasteiger partial charge is 0.257 e. The van der Waals surface area contributed by atoms with Crippen molar-refractivity contribution in [2.75, 3.05) is 40.0 Å². The highest BCUT2D eigenvalue weighted by Crippen LogP contribution is 2.35. The molecule has 5 nitrogen and oxygen atoms in total. The van der Waals surface area contributed by atoms with E-state index in [1.807, 2.05) is 23.1 Å². The van der Waals surface area contributed by atoms with E-state index < -0.39 is 0 Å². The molecule has 1 unspecified atom stereocenters. The van der Waals surface area contributed by atoms with Crippen LogP contribution in [0.25, 0.3) is 0 Å². The lowest BCUT2D eigenvalue weighted by Crippen LogP contribution is -2.52. The first-order valence-corrected chi connectivity index (χ1v) is 8.92. The predicted octanol–water partition coefficient (Wildman–Crippen LogP) is 2.59. The van der Waals surface area contributed by atoms with Crippen LogP contribution >= 0.6 is 0 Å². The van der Waals surface area contributed by atoms with Gasteiger partial charge in [0.2, 0.25) is 0 Å². The van der Waals surface area contributed by atoms with Crippen LogP contribution in [0.1, 0.15) is 29.6 Å². The lowest BCUT2D eigenvalue weighted by Gasteiger charge is -2.42. The minimum absolute atomic E-state index is 0.0682. The second-order valence-electron chi connectivity index (χ2n) is 7.21. The quantitative estimate of drug-likeness (QED) is 0.804. The summed E-state index contributed by atoms with van der Waals surface area (Å²) in [5, 5.41) is 0. The Kier molecular flexibility index (Phi) is 4.35. The molecule has 130 valence electrons. The topological polar surface area (TPSA) is 48.0 Å². The molecule has 1 amide bonds. The summed E-state index contributed by atoms with van der Waals surface area (Å²) in [6, 6.07) is 5.49. The first-order chi connectivity index (χ1) is 11.7. The fourth-order valence-electron chi connectivity index (χ4n) is 3.49.